The second-order valence-electron chi connectivity index (χ2n) is 6.83. The van der Waals surface area contributed by atoms with Gasteiger partial charge < -0.3 is 9.64 Å². The molecule has 0 unspecified atom stereocenters. The molecule has 0 spiro atoms. The standard InChI is InChI=1S/C22H24N2O2/c25-22(20-8-9-21-19(17-20)10-16-26-21)24-14-12-23(13-15-24)11-4-7-18-5-2-1-3-6-18/h1-9,17H,10-16H2/b7-4+. The van der Waals surface area contributed by atoms with Crippen molar-refractivity contribution in [1.29, 1.82) is 0 Å². The number of hydrogen-bond acceptors (Lipinski definition) is 3. The lowest BCUT2D eigenvalue weighted by Crippen LogP contribution is -2.48. The molecule has 0 N–H and O–H groups in total. The van der Waals surface area contributed by atoms with Crippen LogP contribution in [0.4, 0.5) is 0 Å². The summed E-state index contributed by atoms with van der Waals surface area (Å²) in [5, 5.41) is 0. The van der Waals surface area contributed by atoms with Crippen LogP contribution < -0.4 is 4.74 Å². The first-order valence-corrected chi connectivity index (χ1v) is 9.28. The summed E-state index contributed by atoms with van der Waals surface area (Å²) in [6, 6.07) is 16.2. The fourth-order valence-electron chi connectivity index (χ4n) is 3.54. The molecule has 2 aliphatic heterocycles. The van der Waals surface area contributed by atoms with Crippen LogP contribution in [-0.2, 0) is 6.42 Å². The zero-order chi connectivity index (χ0) is 17.8. The summed E-state index contributed by atoms with van der Waals surface area (Å²) in [6.45, 7) is 5.05. The van der Waals surface area contributed by atoms with E-state index in [1.807, 2.05) is 29.2 Å². The van der Waals surface area contributed by atoms with Crippen molar-refractivity contribution in [2.75, 3.05) is 39.3 Å². The number of piperazine rings is 1. The molecule has 0 aliphatic carbocycles. The summed E-state index contributed by atoms with van der Waals surface area (Å²) in [4.78, 5) is 17.1. The molecule has 2 aromatic rings. The average Bonchev–Trinajstić information content (AvgIpc) is 3.17. The number of fused-ring (bicyclic) bond motifs is 1. The molecule has 4 nitrogen and oxygen atoms in total. The Labute approximate surface area is 154 Å². The van der Waals surface area contributed by atoms with Crippen LogP contribution >= 0.6 is 0 Å². The lowest BCUT2D eigenvalue weighted by Gasteiger charge is -2.34. The van der Waals surface area contributed by atoms with Crippen LogP contribution in [0.25, 0.3) is 6.08 Å². The summed E-state index contributed by atoms with van der Waals surface area (Å²) in [5.41, 5.74) is 3.16. The Morgan fingerprint density at radius 1 is 1.04 bits per heavy atom. The van der Waals surface area contributed by atoms with Crippen molar-refractivity contribution in [2.24, 2.45) is 0 Å². The minimum absolute atomic E-state index is 0.138. The number of hydrogen-bond donors (Lipinski definition) is 0. The molecule has 2 aromatic carbocycles. The van der Waals surface area contributed by atoms with Gasteiger partial charge in [-0.15, -0.1) is 0 Å². The van der Waals surface area contributed by atoms with E-state index in [1.54, 1.807) is 0 Å². The van der Waals surface area contributed by atoms with Gasteiger partial charge in [-0.3, -0.25) is 9.69 Å². The molecule has 134 valence electrons. The quantitative estimate of drug-likeness (QED) is 0.851. The molecule has 2 aliphatic rings. The minimum atomic E-state index is 0.138. The highest BCUT2D eigenvalue weighted by Gasteiger charge is 2.23. The van der Waals surface area contributed by atoms with Gasteiger partial charge in [-0.1, -0.05) is 42.5 Å². The number of nitrogens with zero attached hydrogens (tertiary/aromatic N) is 2. The van der Waals surface area contributed by atoms with Crippen molar-refractivity contribution < 1.29 is 9.53 Å². The summed E-state index contributed by atoms with van der Waals surface area (Å²) in [6.07, 6.45) is 5.26. The number of carbonyl (C=O) groups excluding carboxylic acids is 1. The van der Waals surface area contributed by atoms with Crippen molar-refractivity contribution in [1.82, 2.24) is 9.80 Å². The van der Waals surface area contributed by atoms with Crippen LogP contribution in [0, 0.1) is 0 Å². The van der Waals surface area contributed by atoms with Gasteiger partial charge in [0.25, 0.3) is 5.91 Å². The van der Waals surface area contributed by atoms with Gasteiger partial charge in [0.1, 0.15) is 5.75 Å². The molecule has 0 saturated carbocycles. The van der Waals surface area contributed by atoms with Gasteiger partial charge in [0, 0.05) is 44.7 Å². The van der Waals surface area contributed by atoms with Gasteiger partial charge in [-0.05, 0) is 29.3 Å². The zero-order valence-corrected chi connectivity index (χ0v) is 14.9. The van der Waals surface area contributed by atoms with E-state index in [-0.39, 0.29) is 5.91 Å². The summed E-state index contributed by atoms with van der Waals surface area (Å²) >= 11 is 0. The van der Waals surface area contributed by atoms with Gasteiger partial charge in [-0.2, -0.15) is 0 Å². The fourth-order valence-corrected chi connectivity index (χ4v) is 3.54. The molecule has 4 rings (SSSR count). The molecular weight excluding hydrogens is 324 g/mol. The first-order valence-electron chi connectivity index (χ1n) is 9.28. The van der Waals surface area contributed by atoms with E-state index >= 15 is 0 Å². The third-order valence-corrected chi connectivity index (χ3v) is 5.07. The maximum absolute atomic E-state index is 12.8. The van der Waals surface area contributed by atoms with Crippen LogP contribution in [0.1, 0.15) is 21.5 Å². The number of rotatable bonds is 4. The van der Waals surface area contributed by atoms with Crippen molar-refractivity contribution >= 4 is 12.0 Å². The van der Waals surface area contributed by atoms with Gasteiger partial charge in [0.05, 0.1) is 6.61 Å². The van der Waals surface area contributed by atoms with Crippen molar-refractivity contribution in [3.63, 3.8) is 0 Å². The van der Waals surface area contributed by atoms with Gasteiger partial charge >= 0.3 is 0 Å². The molecule has 4 heteroatoms. The Balaban J connectivity index is 1.29. The van der Waals surface area contributed by atoms with E-state index in [0.29, 0.717) is 0 Å². The highest BCUT2D eigenvalue weighted by Crippen LogP contribution is 2.26. The molecule has 1 amide bonds. The average molecular weight is 348 g/mol. The Hall–Kier alpha value is -2.59. The maximum atomic E-state index is 12.8. The van der Waals surface area contributed by atoms with E-state index < -0.39 is 0 Å². The van der Waals surface area contributed by atoms with Gasteiger partial charge in [-0.25, -0.2) is 0 Å². The maximum Gasteiger partial charge on any atom is 0.253 e. The van der Waals surface area contributed by atoms with Crippen LogP contribution in [0.5, 0.6) is 5.75 Å². The first-order chi connectivity index (χ1) is 12.8. The van der Waals surface area contributed by atoms with Crippen molar-refractivity contribution in [3.05, 3.63) is 71.3 Å². The van der Waals surface area contributed by atoms with Crippen LogP contribution in [0.2, 0.25) is 0 Å². The van der Waals surface area contributed by atoms with Gasteiger partial charge in [0.15, 0.2) is 0 Å². The highest BCUT2D eigenvalue weighted by molar-refractivity contribution is 5.94. The predicted molar refractivity (Wildman–Crippen MR) is 103 cm³/mol. The second kappa shape index (κ2) is 7.75. The summed E-state index contributed by atoms with van der Waals surface area (Å²) in [7, 11) is 0. The summed E-state index contributed by atoms with van der Waals surface area (Å²) < 4.78 is 5.52. The largest absolute Gasteiger partial charge is 0.493 e. The SMILES string of the molecule is O=C(c1ccc2c(c1)CCO2)N1CCN(C/C=C/c2ccccc2)CC1. The van der Waals surface area contributed by atoms with Crippen molar-refractivity contribution in [3.8, 4) is 5.75 Å². The molecule has 1 saturated heterocycles. The molecule has 2 heterocycles. The topological polar surface area (TPSA) is 32.8 Å². The van der Waals surface area contributed by atoms with Crippen LogP contribution in [0.15, 0.2) is 54.6 Å². The predicted octanol–water partition coefficient (Wildman–Crippen LogP) is 3.09. The van der Waals surface area contributed by atoms with E-state index in [9.17, 15) is 4.79 Å². The molecule has 0 aromatic heterocycles. The Bertz CT molecular complexity index is 793. The normalized spacial score (nSPS) is 17.3. The van der Waals surface area contributed by atoms with E-state index in [1.165, 1.54) is 5.56 Å². The third-order valence-electron chi connectivity index (χ3n) is 5.07. The molecule has 26 heavy (non-hydrogen) atoms. The monoisotopic (exact) mass is 348 g/mol. The molecule has 0 bridgehead atoms. The van der Waals surface area contributed by atoms with E-state index in [2.05, 4.69) is 41.3 Å². The zero-order valence-electron chi connectivity index (χ0n) is 14.9. The first kappa shape index (κ1) is 16.9. The Kier molecular flexibility index (Phi) is 5.02. The number of ether oxygens (including phenoxy) is 1. The number of carbonyl (C=O) groups is 1. The molecular formula is C22H24N2O2. The van der Waals surface area contributed by atoms with Crippen LogP contribution in [0.3, 0.4) is 0 Å². The number of amides is 1. The lowest BCUT2D eigenvalue weighted by atomic mass is 10.1. The lowest BCUT2D eigenvalue weighted by molar-refractivity contribution is 0.0650. The minimum Gasteiger partial charge on any atom is -0.493 e. The van der Waals surface area contributed by atoms with E-state index in [0.717, 1.165) is 62.6 Å². The summed E-state index contributed by atoms with van der Waals surface area (Å²) in [5.74, 6) is 1.07. The third kappa shape index (κ3) is 3.81. The smallest absolute Gasteiger partial charge is 0.253 e. The van der Waals surface area contributed by atoms with Crippen molar-refractivity contribution in [2.45, 2.75) is 6.42 Å². The van der Waals surface area contributed by atoms with Gasteiger partial charge in [0.2, 0.25) is 0 Å². The Morgan fingerprint density at radius 3 is 2.65 bits per heavy atom. The van der Waals surface area contributed by atoms with E-state index in [4.69, 9.17) is 4.74 Å². The molecule has 0 radical (unpaired) electrons. The number of benzene rings is 2. The highest BCUT2D eigenvalue weighted by atomic mass is 16.5. The Morgan fingerprint density at radius 2 is 1.85 bits per heavy atom. The molecule has 0 atom stereocenters. The fraction of sp³-hybridized carbons (Fsp3) is 0.318. The second-order valence-corrected chi connectivity index (χ2v) is 6.83. The van der Waals surface area contributed by atoms with Crippen LogP contribution in [-0.4, -0.2) is 55.0 Å². The molecule has 1 fully saturated rings.